The SMILES string of the molecule is CCNC(=NCc1cccc(OCCN2CCOCC2)c1)NCCCN1CCOCC1. The Balaban J connectivity index is 1.38. The highest BCUT2D eigenvalue weighted by Crippen LogP contribution is 2.14. The van der Waals surface area contributed by atoms with E-state index in [0.29, 0.717) is 13.2 Å². The lowest BCUT2D eigenvalue weighted by atomic mass is 10.2. The molecule has 0 aromatic heterocycles. The quantitative estimate of drug-likeness (QED) is 0.308. The first-order chi connectivity index (χ1) is 15.3. The summed E-state index contributed by atoms with van der Waals surface area (Å²) >= 11 is 0. The summed E-state index contributed by atoms with van der Waals surface area (Å²) in [5.41, 5.74) is 1.15. The van der Waals surface area contributed by atoms with Gasteiger partial charge in [-0.25, -0.2) is 4.99 Å². The van der Waals surface area contributed by atoms with Crippen LogP contribution in [0.3, 0.4) is 0 Å². The van der Waals surface area contributed by atoms with Crippen LogP contribution in [0.5, 0.6) is 5.75 Å². The van der Waals surface area contributed by atoms with Gasteiger partial charge in [0.1, 0.15) is 12.4 Å². The Morgan fingerprint density at radius 2 is 1.71 bits per heavy atom. The minimum atomic E-state index is 0.624. The second-order valence-corrected chi connectivity index (χ2v) is 7.88. The minimum Gasteiger partial charge on any atom is -0.492 e. The molecule has 0 spiro atoms. The van der Waals surface area contributed by atoms with Crippen LogP contribution in [0.4, 0.5) is 0 Å². The Kier molecular flexibility index (Phi) is 10.9. The zero-order valence-electron chi connectivity index (χ0n) is 19.0. The summed E-state index contributed by atoms with van der Waals surface area (Å²) in [7, 11) is 0. The fourth-order valence-corrected chi connectivity index (χ4v) is 3.70. The van der Waals surface area contributed by atoms with E-state index in [-0.39, 0.29) is 0 Å². The molecule has 2 heterocycles. The molecule has 8 heteroatoms. The molecule has 1 aromatic rings. The molecule has 0 radical (unpaired) electrons. The highest BCUT2D eigenvalue weighted by Gasteiger charge is 2.10. The van der Waals surface area contributed by atoms with E-state index in [2.05, 4.69) is 39.5 Å². The second kappa shape index (κ2) is 14.2. The summed E-state index contributed by atoms with van der Waals surface area (Å²) in [6.45, 7) is 14.6. The topological polar surface area (TPSA) is 70.6 Å². The molecule has 0 bridgehead atoms. The van der Waals surface area contributed by atoms with E-state index < -0.39 is 0 Å². The van der Waals surface area contributed by atoms with Gasteiger partial charge in [0.2, 0.25) is 0 Å². The number of ether oxygens (including phenoxy) is 3. The monoisotopic (exact) mass is 433 g/mol. The standard InChI is InChI=1S/C23H39N5O3/c1-2-24-23(25-7-4-8-27-9-14-29-15-10-27)26-20-21-5-3-6-22(19-21)31-18-13-28-11-16-30-17-12-28/h3,5-6,19H,2,4,7-18,20H2,1H3,(H2,24,25,26). The number of hydrogen-bond donors (Lipinski definition) is 2. The predicted molar refractivity (Wildman–Crippen MR) is 124 cm³/mol. The number of rotatable bonds is 11. The normalized spacial score (nSPS) is 18.7. The van der Waals surface area contributed by atoms with Gasteiger partial charge in [-0.3, -0.25) is 9.80 Å². The van der Waals surface area contributed by atoms with Crippen LogP contribution in [-0.2, 0) is 16.0 Å². The molecule has 2 aliphatic heterocycles. The Labute approximate surface area is 186 Å². The zero-order valence-corrected chi connectivity index (χ0v) is 19.0. The van der Waals surface area contributed by atoms with E-state index >= 15 is 0 Å². The van der Waals surface area contributed by atoms with E-state index in [1.54, 1.807) is 0 Å². The molecule has 2 fully saturated rings. The van der Waals surface area contributed by atoms with Gasteiger partial charge in [-0.05, 0) is 37.6 Å². The van der Waals surface area contributed by atoms with Crippen LogP contribution in [0.25, 0.3) is 0 Å². The summed E-state index contributed by atoms with van der Waals surface area (Å²) in [6.07, 6.45) is 1.09. The predicted octanol–water partition coefficient (Wildman–Crippen LogP) is 1.18. The van der Waals surface area contributed by atoms with Crippen LogP contribution in [0.15, 0.2) is 29.3 Å². The second-order valence-electron chi connectivity index (χ2n) is 7.88. The zero-order chi connectivity index (χ0) is 21.6. The summed E-state index contributed by atoms with van der Waals surface area (Å²) in [4.78, 5) is 9.58. The Morgan fingerprint density at radius 3 is 2.42 bits per heavy atom. The number of benzene rings is 1. The summed E-state index contributed by atoms with van der Waals surface area (Å²) in [6, 6.07) is 8.24. The first-order valence-corrected chi connectivity index (χ1v) is 11.7. The first kappa shape index (κ1) is 23.8. The van der Waals surface area contributed by atoms with Crippen LogP contribution in [0.2, 0.25) is 0 Å². The van der Waals surface area contributed by atoms with E-state index in [1.165, 1.54) is 0 Å². The number of guanidine groups is 1. The number of nitrogens with zero attached hydrogens (tertiary/aromatic N) is 3. The Hall–Kier alpha value is -1.87. The van der Waals surface area contributed by atoms with E-state index in [0.717, 1.165) is 102 Å². The van der Waals surface area contributed by atoms with Crippen molar-refractivity contribution in [2.75, 3.05) is 85.4 Å². The van der Waals surface area contributed by atoms with Crippen molar-refractivity contribution < 1.29 is 14.2 Å². The van der Waals surface area contributed by atoms with Crippen molar-refractivity contribution in [2.45, 2.75) is 19.9 Å². The van der Waals surface area contributed by atoms with Crippen LogP contribution in [0, 0.1) is 0 Å². The molecule has 0 amide bonds. The van der Waals surface area contributed by atoms with E-state index in [9.17, 15) is 0 Å². The molecule has 2 saturated heterocycles. The molecule has 3 rings (SSSR count). The van der Waals surface area contributed by atoms with Crippen molar-refractivity contribution in [3.05, 3.63) is 29.8 Å². The van der Waals surface area contributed by atoms with Gasteiger partial charge in [-0.1, -0.05) is 12.1 Å². The average Bonchev–Trinajstić information content (AvgIpc) is 2.82. The van der Waals surface area contributed by atoms with Gasteiger partial charge in [0.25, 0.3) is 0 Å². The summed E-state index contributed by atoms with van der Waals surface area (Å²) < 4.78 is 16.8. The van der Waals surface area contributed by atoms with Gasteiger partial charge in [-0.2, -0.15) is 0 Å². The van der Waals surface area contributed by atoms with Gasteiger partial charge in [-0.15, -0.1) is 0 Å². The lowest BCUT2D eigenvalue weighted by Gasteiger charge is -2.26. The smallest absolute Gasteiger partial charge is 0.191 e. The maximum absolute atomic E-state index is 5.97. The molecule has 0 atom stereocenters. The Morgan fingerprint density at radius 1 is 1.00 bits per heavy atom. The molecule has 0 unspecified atom stereocenters. The van der Waals surface area contributed by atoms with Gasteiger partial charge in [0, 0.05) is 45.8 Å². The van der Waals surface area contributed by atoms with E-state index in [1.807, 2.05) is 12.1 Å². The molecule has 31 heavy (non-hydrogen) atoms. The number of nitrogens with one attached hydrogen (secondary N) is 2. The van der Waals surface area contributed by atoms with Crippen LogP contribution < -0.4 is 15.4 Å². The van der Waals surface area contributed by atoms with E-state index in [4.69, 9.17) is 19.2 Å². The number of morpholine rings is 2. The largest absolute Gasteiger partial charge is 0.492 e. The molecule has 0 aliphatic carbocycles. The fourth-order valence-electron chi connectivity index (χ4n) is 3.70. The highest BCUT2D eigenvalue weighted by molar-refractivity contribution is 5.79. The maximum Gasteiger partial charge on any atom is 0.191 e. The van der Waals surface area contributed by atoms with Gasteiger partial charge < -0.3 is 24.8 Å². The van der Waals surface area contributed by atoms with Crippen molar-refractivity contribution in [1.82, 2.24) is 20.4 Å². The van der Waals surface area contributed by atoms with Crippen molar-refractivity contribution >= 4 is 5.96 Å². The highest BCUT2D eigenvalue weighted by atomic mass is 16.5. The van der Waals surface area contributed by atoms with Crippen molar-refractivity contribution in [3.63, 3.8) is 0 Å². The molecule has 174 valence electrons. The fraction of sp³-hybridized carbons (Fsp3) is 0.696. The van der Waals surface area contributed by atoms with Crippen LogP contribution >= 0.6 is 0 Å². The summed E-state index contributed by atoms with van der Waals surface area (Å²) in [5.74, 6) is 1.77. The lowest BCUT2D eigenvalue weighted by molar-refractivity contribution is 0.0322. The van der Waals surface area contributed by atoms with Crippen molar-refractivity contribution in [3.8, 4) is 5.75 Å². The molecular weight excluding hydrogens is 394 g/mol. The molecular formula is C23H39N5O3. The van der Waals surface area contributed by atoms with Gasteiger partial charge in [0.15, 0.2) is 5.96 Å². The molecule has 0 saturated carbocycles. The summed E-state index contributed by atoms with van der Waals surface area (Å²) in [5, 5.41) is 6.78. The van der Waals surface area contributed by atoms with Crippen LogP contribution in [0.1, 0.15) is 18.9 Å². The lowest BCUT2D eigenvalue weighted by Crippen LogP contribution is -2.40. The maximum atomic E-state index is 5.97. The van der Waals surface area contributed by atoms with Gasteiger partial charge in [0.05, 0.1) is 33.0 Å². The van der Waals surface area contributed by atoms with Crippen LogP contribution in [-0.4, -0.2) is 101 Å². The van der Waals surface area contributed by atoms with Crippen molar-refractivity contribution in [2.24, 2.45) is 4.99 Å². The minimum absolute atomic E-state index is 0.624. The average molecular weight is 434 g/mol. The first-order valence-electron chi connectivity index (χ1n) is 11.7. The molecule has 2 aliphatic rings. The third kappa shape index (κ3) is 9.43. The Bertz CT molecular complexity index is 646. The molecule has 8 nitrogen and oxygen atoms in total. The molecule has 2 N–H and O–H groups in total. The van der Waals surface area contributed by atoms with Gasteiger partial charge >= 0.3 is 0 Å². The molecule has 1 aromatic carbocycles. The third-order valence-electron chi connectivity index (χ3n) is 5.49. The van der Waals surface area contributed by atoms with Crippen molar-refractivity contribution in [1.29, 1.82) is 0 Å². The number of hydrogen-bond acceptors (Lipinski definition) is 6. The number of aliphatic imine (C=N–C) groups is 1. The third-order valence-corrected chi connectivity index (χ3v) is 5.49.